The maximum absolute atomic E-state index is 12.5. The number of ether oxygens (including phenoxy) is 1. The van der Waals surface area contributed by atoms with Gasteiger partial charge in [0.25, 0.3) is 0 Å². The lowest BCUT2D eigenvalue weighted by atomic mass is 10.0. The molecule has 1 aliphatic rings. The van der Waals surface area contributed by atoms with Crippen LogP contribution in [0.5, 0.6) is 0 Å². The summed E-state index contributed by atoms with van der Waals surface area (Å²) in [7, 11) is 0. The number of alkyl halides is 3. The van der Waals surface area contributed by atoms with Crippen molar-refractivity contribution < 1.29 is 27.5 Å². The summed E-state index contributed by atoms with van der Waals surface area (Å²) < 4.78 is 42.6. The summed E-state index contributed by atoms with van der Waals surface area (Å²) in [6.07, 6.45) is -1.58. The fourth-order valence-electron chi connectivity index (χ4n) is 3.36. The monoisotopic (exact) mass is 440 g/mol. The van der Waals surface area contributed by atoms with Gasteiger partial charge in [0.15, 0.2) is 11.5 Å². The molecule has 2 aromatic rings. The van der Waals surface area contributed by atoms with E-state index in [2.05, 4.69) is 30.8 Å². The molecule has 2 amide bonds. The zero-order valence-electron chi connectivity index (χ0n) is 17.0. The number of halogens is 3. The SMILES string of the molecule is CC(C)OC(=O)NC1CCC(c2cc(NC(=O)Cc3cnc(C(F)(F)F)cn3)n[nH]2)C1. The normalized spacial score (nSPS) is 18.8. The van der Waals surface area contributed by atoms with Gasteiger partial charge in [-0.05, 0) is 33.1 Å². The summed E-state index contributed by atoms with van der Waals surface area (Å²) in [5, 5.41) is 12.4. The number of aromatic amines is 1. The molecule has 12 heteroatoms. The van der Waals surface area contributed by atoms with Crippen molar-refractivity contribution in [3.63, 3.8) is 0 Å². The Kier molecular flexibility index (Phi) is 6.76. The summed E-state index contributed by atoms with van der Waals surface area (Å²) in [5.74, 6) is -0.0340. The Labute approximate surface area is 176 Å². The molecule has 0 bridgehead atoms. The van der Waals surface area contributed by atoms with E-state index in [9.17, 15) is 22.8 Å². The number of H-pyrrole nitrogens is 1. The number of carbonyl (C=O) groups excluding carboxylic acids is 2. The van der Waals surface area contributed by atoms with Crippen molar-refractivity contribution in [1.29, 1.82) is 0 Å². The Hall–Kier alpha value is -3.18. The number of hydrogen-bond donors (Lipinski definition) is 3. The number of anilines is 1. The summed E-state index contributed by atoms with van der Waals surface area (Å²) in [6, 6.07) is 1.70. The van der Waals surface area contributed by atoms with E-state index < -0.39 is 23.9 Å². The third kappa shape index (κ3) is 6.40. The first-order valence-electron chi connectivity index (χ1n) is 9.80. The minimum Gasteiger partial charge on any atom is -0.447 e. The lowest BCUT2D eigenvalue weighted by Crippen LogP contribution is -2.34. The molecule has 1 aliphatic carbocycles. The van der Waals surface area contributed by atoms with Crippen molar-refractivity contribution in [1.82, 2.24) is 25.5 Å². The van der Waals surface area contributed by atoms with Crippen LogP contribution < -0.4 is 10.6 Å². The van der Waals surface area contributed by atoms with E-state index in [0.29, 0.717) is 18.4 Å². The number of amides is 2. The van der Waals surface area contributed by atoms with Crippen LogP contribution in [0.3, 0.4) is 0 Å². The van der Waals surface area contributed by atoms with Crippen LogP contribution in [0, 0.1) is 0 Å². The van der Waals surface area contributed by atoms with Gasteiger partial charge in [-0.3, -0.25) is 14.9 Å². The molecular formula is C19H23F3N6O3. The highest BCUT2D eigenvalue weighted by atomic mass is 19.4. The van der Waals surface area contributed by atoms with E-state index in [4.69, 9.17) is 4.74 Å². The molecular weight excluding hydrogens is 417 g/mol. The number of carbonyl (C=O) groups is 2. The van der Waals surface area contributed by atoms with E-state index in [1.165, 1.54) is 0 Å². The predicted molar refractivity (Wildman–Crippen MR) is 103 cm³/mol. The van der Waals surface area contributed by atoms with Gasteiger partial charge in [-0.25, -0.2) is 9.78 Å². The third-order valence-electron chi connectivity index (χ3n) is 4.74. The molecule has 0 radical (unpaired) electrons. The van der Waals surface area contributed by atoms with Crippen LogP contribution >= 0.6 is 0 Å². The first kappa shape index (κ1) is 22.5. The van der Waals surface area contributed by atoms with Gasteiger partial charge in [0, 0.05) is 29.9 Å². The fraction of sp³-hybridized carbons (Fsp3) is 0.526. The van der Waals surface area contributed by atoms with Crippen molar-refractivity contribution in [2.75, 3.05) is 5.32 Å². The molecule has 2 heterocycles. The molecule has 0 spiro atoms. The standard InChI is InChI=1S/C19H23F3N6O3/c1-10(2)31-18(30)25-12-4-3-11(5-12)14-7-16(28-27-14)26-17(29)6-13-8-24-15(9-23-13)19(20,21)22/h7-12H,3-6H2,1-2H3,(H,25,30)(H2,26,27,28,29). The first-order chi connectivity index (χ1) is 14.6. The Morgan fingerprint density at radius 2 is 2.03 bits per heavy atom. The molecule has 0 aliphatic heterocycles. The van der Waals surface area contributed by atoms with Crippen LogP contribution in [0.15, 0.2) is 18.5 Å². The van der Waals surface area contributed by atoms with Gasteiger partial charge in [0.2, 0.25) is 5.91 Å². The number of nitrogens with one attached hydrogen (secondary N) is 3. The highest BCUT2D eigenvalue weighted by Gasteiger charge is 2.33. The Bertz CT molecular complexity index is 913. The van der Waals surface area contributed by atoms with Gasteiger partial charge in [-0.1, -0.05) is 0 Å². The van der Waals surface area contributed by atoms with Crippen LogP contribution in [0.2, 0.25) is 0 Å². The molecule has 3 rings (SSSR count). The highest BCUT2D eigenvalue weighted by molar-refractivity contribution is 5.91. The van der Waals surface area contributed by atoms with E-state index in [-0.39, 0.29) is 30.2 Å². The molecule has 31 heavy (non-hydrogen) atoms. The summed E-state index contributed by atoms with van der Waals surface area (Å²) in [4.78, 5) is 30.8. The molecule has 3 N–H and O–H groups in total. The van der Waals surface area contributed by atoms with Crippen LogP contribution in [-0.2, 0) is 22.1 Å². The van der Waals surface area contributed by atoms with Gasteiger partial charge in [0.05, 0.1) is 24.4 Å². The van der Waals surface area contributed by atoms with Crippen molar-refractivity contribution in [2.45, 2.75) is 63.8 Å². The molecule has 2 atom stereocenters. The Morgan fingerprint density at radius 3 is 2.68 bits per heavy atom. The van der Waals surface area contributed by atoms with Crippen LogP contribution in [0.4, 0.5) is 23.8 Å². The molecule has 0 saturated heterocycles. The number of rotatable bonds is 6. The second-order valence-corrected chi connectivity index (χ2v) is 7.63. The first-order valence-corrected chi connectivity index (χ1v) is 9.80. The maximum atomic E-state index is 12.5. The molecule has 1 fully saturated rings. The average molecular weight is 440 g/mol. The number of aromatic nitrogens is 4. The van der Waals surface area contributed by atoms with Crippen molar-refractivity contribution in [3.8, 4) is 0 Å². The summed E-state index contributed by atoms with van der Waals surface area (Å²) in [6.45, 7) is 3.56. The van der Waals surface area contributed by atoms with Crippen molar-refractivity contribution in [3.05, 3.63) is 35.5 Å². The van der Waals surface area contributed by atoms with Crippen LogP contribution in [0.1, 0.15) is 56.1 Å². The predicted octanol–water partition coefficient (Wildman–Crippen LogP) is 3.17. The topological polar surface area (TPSA) is 122 Å². The highest BCUT2D eigenvalue weighted by Crippen LogP contribution is 2.34. The lowest BCUT2D eigenvalue weighted by Gasteiger charge is -2.14. The second kappa shape index (κ2) is 9.31. The summed E-state index contributed by atoms with van der Waals surface area (Å²) in [5.41, 5.74) is -0.180. The zero-order chi connectivity index (χ0) is 22.6. The van der Waals surface area contributed by atoms with Gasteiger partial charge >= 0.3 is 12.3 Å². The van der Waals surface area contributed by atoms with Crippen LogP contribution in [0.25, 0.3) is 0 Å². The zero-order valence-corrected chi connectivity index (χ0v) is 17.0. The van der Waals surface area contributed by atoms with Crippen LogP contribution in [-0.4, -0.2) is 44.3 Å². The number of hydrogen-bond acceptors (Lipinski definition) is 6. The quantitative estimate of drug-likeness (QED) is 0.634. The van der Waals surface area contributed by atoms with Gasteiger partial charge in [-0.2, -0.15) is 18.3 Å². The summed E-state index contributed by atoms with van der Waals surface area (Å²) >= 11 is 0. The minimum absolute atomic E-state index is 0.00386. The van der Waals surface area contributed by atoms with E-state index in [1.54, 1.807) is 19.9 Å². The number of alkyl carbamates (subject to hydrolysis) is 1. The largest absolute Gasteiger partial charge is 0.447 e. The van der Waals surface area contributed by atoms with Gasteiger partial charge < -0.3 is 15.4 Å². The van der Waals surface area contributed by atoms with Gasteiger partial charge in [-0.15, -0.1) is 0 Å². The Morgan fingerprint density at radius 1 is 1.26 bits per heavy atom. The van der Waals surface area contributed by atoms with Crippen molar-refractivity contribution >= 4 is 17.8 Å². The van der Waals surface area contributed by atoms with E-state index >= 15 is 0 Å². The molecule has 168 valence electrons. The smallest absolute Gasteiger partial charge is 0.434 e. The second-order valence-electron chi connectivity index (χ2n) is 7.63. The van der Waals surface area contributed by atoms with E-state index in [0.717, 1.165) is 24.7 Å². The molecule has 9 nitrogen and oxygen atoms in total. The minimum atomic E-state index is -4.58. The van der Waals surface area contributed by atoms with Gasteiger partial charge in [0.1, 0.15) is 0 Å². The van der Waals surface area contributed by atoms with Crippen molar-refractivity contribution in [2.24, 2.45) is 0 Å². The molecule has 0 aromatic carbocycles. The Balaban J connectivity index is 1.49. The molecule has 2 aromatic heterocycles. The molecule has 2 unspecified atom stereocenters. The fourth-order valence-corrected chi connectivity index (χ4v) is 3.36. The lowest BCUT2D eigenvalue weighted by molar-refractivity contribution is -0.141. The maximum Gasteiger partial charge on any atom is 0.434 e. The van der Waals surface area contributed by atoms with E-state index in [1.807, 2.05) is 0 Å². The molecule has 1 saturated carbocycles. The number of nitrogens with zero attached hydrogens (tertiary/aromatic N) is 3. The average Bonchev–Trinajstić information content (AvgIpc) is 3.30. The third-order valence-corrected chi connectivity index (χ3v) is 4.74.